The maximum atomic E-state index is 11.6. The molecule has 0 bridgehead atoms. The van der Waals surface area contributed by atoms with Crippen molar-refractivity contribution in [3.05, 3.63) is 53.9 Å². The van der Waals surface area contributed by atoms with Gasteiger partial charge in [-0.1, -0.05) is 18.2 Å². The molecule has 0 spiro atoms. The van der Waals surface area contributed by atoms with Gasteiger partial charge in [0, 0.05) is 11.4 Å². The van der Waals surface area contributed by atoms with Crippen LogP contribution in [-0.2, 0) is 0 Å². The van der Waals surface area contributed by atoms with Gasteiger partial charge in [0.1, 0.15) is 5.75 Å². The van der Waals surface area contributed by atoms with E-state index in [4.69, 9.17) is 4.74 Å². The summed E-state index contributed by atoms with van der Waals surface area (Å²) in [4.78, 5) is 11.6. The number of rotatable bonds is 2. The molecule has 1 heterocycles. The lowest BCUT2D eigenvalue weighted by Gasteiger charge is -2.11. The Balaban J connectivity index is 2.03. The van der Waals surface area contributed by atoms with Crippen LogP contribution in [-0.4, -0.2) is 10.8 Å². The fourth-order valence-electron chi connectivity index (χ4n) is 1.55. The van der Waals surface area contributed by atoms with Crippen LogP contribution in [0.2, 0.25) is 0 Å². The third-order valence-corrected chi connectivity index (χ3v) is 2.43. The molecule has 4 nitrogen and oxygen atoms in total. The first-order chi connectivity index (χ1) is 8.16. The second-order valence-corrected chi connectivity index (χ2v) is 3.77. The SMILES string of the molecule is Cc1ccc(C)n1NC(=O)Oc1ccccc1. The van der Waals surface area contributed by atoms with E-state index in [2.05, 4.69) is 5.43 Å². The molecule has 4 heteroatoms. The molecule has 1 aromatic carbocycles. The van der Waals surface area contributed by atoms with Gasteiger partial charge in [0.15, 0.2) is 0 Å². The summed E-state index contributed by atoms with van der Waals surface area (Å²) in [7, 11) is 0. The molecule has 88 valence electrons. The van der Waals surface area contributed by atoms with Crippen molar-refractivity contribution in [2.45, 2.75) is 13.8 Å². The maximum absolute atomic E-state index is 11.6. The summed E-state index contributed by atoms with van der Waals surface area (Å²) in [6, 6.07) is 12.8. The van der Waals surface area contributed by atoms with Gasteiger partial charge >= 0.3 is 6.09 Å². The van der Waals surface area contributed by atoms with Gasteiger partial charge in [-0.3, -0.25) is 4.68 Å². The van der Waals surface area contributed by atoms with Crippen molar-refractivity contribution in [1.29, 1.82) is 0 Å². The highest BCUT2D eigenvalue weighted by Crippen LogP contribution is 2.09. The lowest BCUT2D eigenvalue weighted by Crippen LogP contribution is -2.27. The average molecular weight is 230 g/mol. The predicted molar refractivity (Wildman–Crippen MR) is 65.7 cm³/mol. The van der Waals surface area contributed by atoms with E-state index in [0.717, 1.165) is 11.4 Å². The van der Waals surface area contributed by atoms with Gasteiger partial charge in [0.2, 0.25) is 0 Å². The second-order valence-electron chi connectivity index (χ2n) is 3.77. The number of nitrogens with one attached hydrogen (secondary N) is 1. The molecule has 0 atom stereocenters. The Morgan fingerprint density at radius 3 is 2.24 bits per heavy atom. The first kappa shape index (κ1) is 11.3. The third kappa shape index (κ3) is 2.66. The summed E-state index contributed by atoms with van der Waals surface area (Å²) < 4.78 is 6.81. The zero-order chi connectivity index (χ0) is 12.3. The van der Waals surface area contributed by atoms with Gasteiger partial charge in [-0.25, -0.2) is 10.2 Å². The molecule has 1 amide bonds. The minimum atomic E-state index is -0.501. The summed E-state index contributed by atoms with van der Waals surface area (Å²) in [5, 5.41) is 0. The van der Waals surface area contributed by atoms with Crippen LogP contribution in [0.25, 0.3) is 0 Å². The Morgan fingerprint density at radius 1 is 1.06 bits per heavy atom. The Kier molecular flexibility index (Phi) is 3.14. The van der Waals surface area contributed by atoms with Crippen LogP contribution in [0, 0.1) is 13.8 Å². The molecule has 2 rings (SSSR count). The number of aromatic nitrogens is 1. The molecule has 2 aromatic rings. The van der Waals surface area contributed by atoms with E-state index < -0.39 is 6.09 Å². The number of carbonyl (C=O) groups excluding carboxylic acids is 1. The first-order valence-electron chi connectivity index (χ1n) is 5.35. The summed E-state index contributed by atoms with van der Waals surface area (Å²) in [6.45, 7) is 3.82. The van der Waals surface area contributed by atoms with Gasteiger partial charge in [-0.15, -0.1) is 0 Å². The standard InChI is InChI=1S/C13H14N2O2/c1-10-8-9-11(2)15(10)14-13(16)17-12-6-4-3-5-7-12/h3-9H,1-2H3,(H,14,16). The topological polar surface area (TPSA) is 43.3 Å². The van der Waals surface area contributed by atoms with E-state index >= 15 is 0 Å². The highest BCUT2D eigenvalue weighted by atomic mass is 16.6. The molecule has 0 saturated heterocycles. The van der Waals surface area contributed by atoms with Crippen LogP contribution in [0.15, 0.2) is 42.5 Å². The fourth-order valence-corrected chi connectivity index (χ4v) is 1.55. The number of nitrogens with zero attached hydrogens (tertiary/aromatic N) is 1. The highest BCUT2D eigenvalue weighted by Gasteiger charge is 2.07. The molecule has 0 aliphatic heterocycles. The van der Waals surface area contributed by atoms with Crippen LogP contribution >= 0.6 is 0 Å². The molecule has 17 heavy (non-hydrogen) atoms. The molecule has 0 aliphatic rings. The van der Waals surface area contributed by atoms with E-state index in [9.17, 15) is 4.79 Å². The highest BCUT2D eigenvalue weighted by molar-refractivity contribution is 5.78. The summed E-state index contributed by atoms with van der Waals surface area (Å²) in [6.07, 6.45) is -0.501. The minimum Gasteiger partial charge on any atom is -0.409 e. The molecule has 1 N–H and O–H groups in total. The minimum absolute atomic E-state index is 0.501. The molecular weight excluding hydrogens is 216 g/mol. The molecule has 0 fully saturated rings. The lowest BCUT2D eigenvalue weighted by atomic mass is 10.3. The first-order valence-corrected chi connectivity index (χ1v) is 5.35. The largest absolute Gasteiger partial charge is 0.431 e. The van der Waals surface area contributed by atoms with Crippen molar-refractivity contribution in [1.82, 2.24) is 4.68 Å². The molecule has 1 aromatic heterocycles. The van der Waals surface area contributed by atoms with Crippen LogP contribution < -0.4 is 10.2 Å². The number of aryl methyl sites for hydroxylation is 2. The smallest absolute Gasteiger partial charge is 0.409 e. The van der Waals surface area contributed by atoms with E-state index in [0.29, 0.717) is 5.75 Å². The van der Waals surface area contributed by atoms with Gasteiger partial charge in [-0.2, -0.15) is 0 Å². The van der Waals surface area contributed by atoms with E-state index in [1.54, 1.807) is 16.8 Å². The van der Waals surface area contributed by atoms with Crippen LogP contribution in [0.3, 0.4) is 0 Å². The van der Waals surface area contributed by atoms with Crippen molar-refractivity contribution in [3.8, 4) is 5.75 Å². The van der Waals surface area contributed by atoms with E-state index in [1.165, 1.54) is 0 Å². The Morgan fingerprint density at radius 2 is 1.65 bits per heavy atom. The van der Waals surface area contributed by atoms with Crippen molar-refractivity contribution in [2.24, 2.45) is 0 Å². The quantitative estimate of drug-likeness (QED) is 0.862. The fraction of sp³-hybridized carbons (Fsp3) is 0.154. The number of carbonyl (C=O) groups is 1. The van der Waals surface area contributed by atoms with Crippen molar-refractivity contribution in [2.75, 3.05) is 5.43 Å². The van der Waals surface area contributed by atoms with Crippen molar-refractivity contribution >= 4 is 6.09 Å². The molecular formula is C13H14N2O2. The zero-order valence-corrected chi connectivity index (χ0v) is 9.81. The second kappa shape index (κ2) is 4.74. The molecule has 0 aliphatic carbocycles. The number of hydrogen-bond acceptors (Lipinski definition) is 2. The summed E-state index contributed by atoms with van der Waals surface area (Å²) in [5.74, 6) is 0.521. The number of ether oxygens (including phenoxy) is 1. The molecule has 0 saturated carbocycles. The Labute approximate surface area is 99.8 Å². The maximum Gasteiger partial charge on any atom is 0.431 e. The van der Waals surface area contributed by atoms with Crippen molar-refractivity contribution in [3.63, 3.8) is 0 Å². The lowest BCUT2D eigenvalue weighted by molar-refractivity contribution is 0.211. The predicted octanol–water partition coefficient (Wildman–Crippen LogP) is 2.85. The molecule has 0 unspecified atom stereocenters. The molecule has 0 radical (unpaired) electrons. The van der Waals surface area contributed by atoms with Crippen molar-refractivity contribution < 1.29 is 9.53 Å². The average Bonchev–Trinajstić information content (AvgIpc) is 2.62. The zero-order valence-electron chi connectivity index (χ0n) is 9.81. The van der Waals surface area contributed by atoms with E-state index in [1.807, 2.05) is 44.2 Å². The van der Waals surface area contributed by atoms with E-state index in [-0.39, 0.29) is 0 Å². The monoisotopic (exact) mass is 230 g/mol. The van der Waals surface area contributed by atoms with Crippen LogP contribution in [0.1, 0.15) is 11.4 Å². The summed E-state index contributed by atoms with van der Waals surface area (Å²) in [5.41, 5.74) is 4.57. The van der Waals surface area contributed by atoms with Gasteiger partial charge in [-0.05, 0) is 38.1 Å². The number of benzene rings is 1. The summed E-state index contributed by atoms with van der Waals surface area (Å²) >= 11 is 0. The van der Waals surface area contributed by atoms with Gasteiger partial charge in [0.05, 0.1) is 0 Å². The Hall–Kier alpha value is -2.23. The number of hydrogen-bond donors (Lipinski definition) is 1. The number of amides is 1. The number of para-hydroxylation sites is 1. The van der Waals surface area contributed by atoms with Gasteiger partial charge in [0.25, 0.3) is 0 Å². The normalized spacial score (nSPS) is 10.0. The van der Waals surface area contributed by atoms with Crippen LogP contribution in [0.4, 0.5) is 4.79 Å². The van der Waals surface area contributed by atoms with Gasteiger partial charge < -0.3 is 4.74 Å². The van der Waals surface area contributed by atoms with Crippen LogP contribution in [0.5, 0.6) is 5.75 Å². The Bertz CT molecular complexity index is 498. The third-order valence-electron chi connectivity index (χ3n) is 2.43.